The van der Waals surface area contributed by atoms with Gasteiger partial charge in [-0.05, 0) is 132 Å². The number of aromatic nitrogens is 2. The molecule has 0 saturated carbocycles. The van der Waals surface area contributed by atoms with Gasteiger partial charge in [0, 0.05) is 44.2 Å². The van der Waals surface area contributed by atoms with Crippen molar-refractivity contribution < 1.29 is 107 Å². The number of primary amides is 1. The molecule has 0 aromatic carbocycles. The van der Waals surface area contributed by atoms with Gasteiger partial charge in [0.15, 0.2) is 11.9 Å². The van der Waals surface area contributed by atoms with Gasteiger partial charge in [-0.3, -0.25) is 96.3 Å². The van der Waals surface area contributed by atoms with Gasteiger partial charge in [0.05, 0.1) is 31.6 Å². The lowest BCUT2D eigenvalue weighted by Crippen LogP contribution is -2.63. The molecule has 724 valence electrons. The number of nitrogens with two attached hydrogens (primary N) is 7. The number of aliphatic hydroxyl groups is 2. The van der Waals surface area contributed by atoms with Gasteiger partial charge in [-0.25, -0.2) is 4.98 Å². The molecule has 0 bridgehead atoms. The highest BCUT2D eigenvalue weighted by Gasteiger charge is 2.40. The van der Waals surface area contributed by atoms with Crippen LogP contribution in [0.1, 0.15) is 198 Å². The average Bonchev–Trinajstić information content (AvgIpc) is 0.878. The Morgan fingerprint density at radius 2 is 0.758 bits per heavy atom. The van der Waals surface area contributed by atoms with Crippen LogP contribution in [0, 0.1) is 35.5 Å². The van der Waals surface area contributed by atoms with Crippen molar-refractivity contribution in [3.05, 3.63) is 18.2 Å². The largest absolute Gasteiger partial charge is 0.481 e. The van der Waals surface area contributed by atoms with Gasteiger partial charge in [0.2, 0.25) is 94.5 Å². The van der Waals surface area contributed by atoms with Crippen LogP contribution in [-0.4, -0.2) is 279 Å². The Morgan fingerprint density at radius 1 is 0.406 bits per heavy atom. The van der Waals surface area contributed by atoms with E-state index in [2.05, 4.69) is 99.7 Å². The molecule has 1 aromatic rings. The number of aliphatic imine (C=N–C) groups is 2. The predicted molar refractivity (Wildman–Crippen MR) is 468 cm³/mol. The van der Waals surface area contributed by atoms with Crippen LogP contribution in [0.3, 0.4) is 0 Å². The molecule has 0 fully saturated rings. The Labute approximate surface area is 744 Å². The number of carbonyl (C=O) groups excluding carboxylic acids is 16. The second-order valence-corrected chi connectivity index (χ2v) is 33.5. The second kappa shape index (κ2) is 59.9. The van der Waals surface area contributed by atoms with Crippen LogP contribution in [0.15, 0.2) is 22.5 Å². The van der Waals surface area contributed by atoms with Crippen LogP contribution in [0.2, 0.25) is 0 Å². The molecule has 0 aliphatic rings. The Hall–Kier alpha value is -11.9. The number of amides is 16. The fraction of sp³-hybridized carbons (Fsp3) is 0.713. The van der Waals surface area contributed by atoms with E-state index < -0.39 is 242 Å². The van der Waals surface area contributed by atoms with Crippen molar-refractivity contribution in [1.29, 1.82) is 0 Å². The predicted octanol–water partition coefficient (Wildman–Crippen LogP) is -7.47. The van der Waals surface area contributed by atoms with E-state index in [-0.39, 0.29) is 144 Å². The van der Waals surface area contributed by atoms with E-state index in [4.69, 9.17) is 45.2 Å². The molecule has 128 heavy (non-hydrogen) atoms. The van der Waals surface area contributed by atoms with Crippen molar-refractivity contribution in [2.75, 3.05) is 39.3 Å². The molecule has 16 amide bonds. The zero-order valence-corrected chi connectivity index (χ0v) is 75.6. The van der Waals surface area contributed by atoms with Crippen LogP contribution in [0.5, 0.6) is 0 Å². The first-order chi connectivity index (χ1) is 59.9. The summed E-state index contributed by atoms with van der Waals surface area (Å²) >= 11 is 0. The molecule has 48 heteroatoms. The van der Waals surface area contributed by atoms with E-state index in [9.17, 15) is 102 Å². The molecule has 34 N–H and O–H groups in total. The van der Waals surface area contributed by atoms with Crippen molar-refractivity contribution in [1.82, 2.24) is 89.7 Å². The van der Waals surface area contributed by atoms with Crippen LogP contribution < -0.4 is 120 Å². The molecular formula is C80H142N26O22. The summed E-state index contributed by atoms with van der Waals surface area (Å²) in [5, 5.41) is 77.8. The highest BCUT2D eigenvalue weighted by atomic mass is 16.4. The van der Waals surface area contributed by atoms with Gasteiger partial charge < -0.3 is 145 Å². The molecule has 1 heterocycles. The van der Waals surface area contributed by atoms with E-state index in [1.54, 1.807) is 83.1 Å². The van der Waals surface area contributed by atoms with Gasteiger partial charge >= 0.3 is 11.9 Å². The van der Waals surface area contributed by atoms with Crippen LogP contribution in [0.4, 0.5) is 0 Å². The summed E-state index contributed by atoms with van der Waals surface area (Å²) in [6, 6.07) is -21.5. The maximum absolute atomic E-state index is 14.8. The third-order valence-electron chi connectivity index (χ3n) is 19.8. The second-order valence-electron chi connectivity index (χ2n) is 33.5. The Bertz CT molecular complexity index is 3860. The molecule has 0 radical (unpaired) electrons. The highest BCUT2D eigenvalue weighted by molar-refractivity contribution is 6.01. The minimum atomic E-state index is -2.00. The van der Waals surface area contributed by atoms with E-state index in [0.29, 0.717) is 12.8 Å². The number of rotatable bonds is 64. The first-order valence-corrected chi connectivity index (χ1v) is 43.0. The van der Waals surface area contributed by atoms with Gasteiger partial charge in [0.25, 0.3) is 0 Å². The molecule has 48 nitrogen and oxygen atoms in total. The number of aliphatic hydroxyl groups excluding tert-OH is 2. The standard InChI is InChI=1S/C80H142N26O22/c1-14-44(12)62(83)76(126)98-50(22-24-58(82)109)68(118)95-48(19-15-16-26-81)66(116)97-51(23-25-60(111)112)69(119)104-57(37-107)75(125)106-64(45(13)108)78(128)103-54(31-41(6)7)72(122)101-56(33-46-34-88-38-93-46)73(123)100-55(32-42(8)9)74(124)105-63(43(10)11)77(127)102-53(30-40(4)5)71(121)96-49(21-18-28-90-80(86)87)67(117)99-52(29-39(2)3)70(120)94-47(20-17-27-89-79(84)85)65(115)92-35-59(110)91-36-61(113)114/h34,38-45,47-57,62-64,107-108H,14-33,35-37,81,83H2,1-13H3,(H2,82,109)(H,88,93)(H,91,110)(H,92,115)(H,94,120)(H,95,118)(H,96,121)(H,97,116)(H,98,126)(H,99,117)(H,100,123)(H,101,122)(H,102,127)(H,103,128)(H,104,119)(H,105,124)(H,106,125)(H,111,112)(H,113,114)(H4,84,85,89)(H4,86,87,90)/t44-,45+,47-,48-,49-,50-,51-,52-,53-,54-,55-,56-,57-,62-,63-,64-/m0/s1. The molecule has 0 spiro atoms. The highest BCUT2D eigenvalue weighted by Crippen LogP contribution is 2.17. The van der Waals surface area contributed by atoms with Crippen LogP contribution in [-0.2, 0) is 92.7 Å². The van der Waals surface area contributed by atoms with Crippen LogP contribution in [0.25, 0.3) is 0 Å². The maximum Gasteiger partial charge on any atom is 0.322 e. The SMILES string of the molecule is CC[C@H](C)[C@H](N)C(=O)N[C@@H](CCC(N)=O)C(=O)N[C@@H](CCCCN)C(=O)N[C@@H](CCC(=O)O)C(=O)N[C@@H](CO)C(=O)N[C@H](C(=O)N[C@@H](CC(C)C)C(=O)N[C@@H](Cc1cnc[nH]1)C(=O)N[C@@H](CC(C)C)C(=O)N[C@H](C(=O)N[C@@H](CC(C)C)C(=O)N[C@@H](CCCN=C(N)N)C(=O)N[C@@H](CC(C)C)C(=O)N[C@@H](CCCN=C(N)N)C(=O)NCC(=O)NCC(=O)O)C(C)C)[C@@H](C)O. The number of nitrogens with zero attached hydrogens (tertiary/aromatic N) is 3. The number of imidazole rings is 1. The number of hydrogen-bond acceptors (Lipinski definition) is 25. The molecule has 16 atom stereocenters. The smallest absolute Gasteiger partial charge is 0.322 e. The third-order valence-corrected chi connectivity index (χ3v) is 19.8. The van der Waals surface area contributed by atoms with Gasteiger partial charge in [0.1, 0.15) is 85.1 Å². The summed E-state index contributed by atoms with van der Waals surface area (Å²) in [6.07, 6.45) is -1.05. The molecule has 0 unspecified atom stereocenters. The summed E-state index contributed by atoms with van der Waals surface area (Å²) in [5.41, 5.74) is 39.6. The summed E-state index contributed by atoms with van der Waals surface area (Å²) < 4.78 is 0. The number of guanidine groups is 2. The van der Waals surface area contributed by atoms with Gasteiger partial charge in [-0.2, -0.15) is 0 Å². The van der Waals surface area contributed by atoms with Crippen molar-refractivity contribution in [2.45, 2.75) is 290 Å². The summed E-state index contributed by atoms with van der Waals surface area (Å²) in [6.45, 7) is 19.1. The number of carboxylic acids is 2. The molecule has 0 aliphatic heterocycles. The van der Waals surface area contributed by atoms with Crippen molar-refractivity contribution in [3.63, 3.8) is 0 Å². The molecule has 0 saturated heterocycles. The lowest BCUT2D eigenvalue weighted by molar-refractivity contribution is -0.139. The van der Waals surface area contributed by atoms with Crippen molar-refractivity contribution in [2.24, 2.45) is 85.6 Å². The monoisotopic (exact) mass is 1820 g/mol. The van der Waals surface area contributed by atoms with Crippen molar-refractivity contribution in [3.8, 4) is 0 Å². The summed E-state index contributed by atoms with van der Waals surface area (Å²) in [5.74, 6) is -21.2. The molecule has 1 aromatic heterocycles. The van der Waals surface area contributed by atoms with E-state index >= 15 is 0 Å². The lowest BCUT2D eigenvalue weighted by atomic mass is 9.97. The number of hydrogen-bond donors (Lipinski definition) is 27. The number of aliphatic carboxylic acids is 2. The Balaban J connectivity index is 3.73. The topological polar surface area (TPSA) is 804 Å². The van der Waals surface area contributed by atoms with E-state index in [0.717, 1.165) is 6.92 Å². The Morgan fingerprint density at radius 3 is 1.13 bits per heavy atom. The lowest BCUT2D eigenvalue weighted by Gasteiger charge is -2.30. The van der Waals surface area contributed by atoms with Crippen molar-refractivity contribution >= 4 is 118 Å². The number of nitrogens with one attached hydrogen (secondary N) is 16. The number of H-pyrrole nitrogens is 1. The molecular weight excluding hydrogens is 1680 g/mol. The minimum Gasteiger partial charge on any atom is -0.481 e. The first-order valence-electron chi connectivity index (χ1n) is 43.0. The quantitative estimate of drug-likeness (QED) is 0.0164. The van der Waals surface area contributed by atoms with Crippen LogP contribution >= 0.6 is 0 Å². The summed E-state index contributed by atoms with van der Waals surface area (Å²) in [7, 11) is 0. The van der Waals surface area contributed by atoms with Gasteiger partial charge in [-0.15, -0.1) is 0 Å². The fourth-order valence-electron chi connectivity index (χ4n) is 12.7. The number of carbonyl (C=O) groups is 18. The normalized spacial score (nSPS) is 15.0. The molecule has 0 aliphatic carbocycles. The Kier molecular flexibility index (Phi) is 53.4. The third kappa shape index (κ3) is 46.0. The molecule has 1 rings (SSSR count). The summed E-state index contributed by atoms with van der Waals surface area (Å²) in [4.78, 5) is 262. The minimum absolute atomic E-state index is 0.0202. The number of carboxylic acid groups (broad SMARTS) is 2. The maximum atomic E-state index is 14.8. The zero-order valence-electron chi connectivity index (χ0n) is 75.6. The number of unbranched alkanes of at least 4 members (excludes halogenated alkanes) is 1. The number of aromatic amines is 1. The zero-order chi connectivity index (χ0) is 97.4. The van der Waals surface area contributed by atoms with E-state index in [1.807, 2.05) is 0 Å². The fourth-order valence-corrected chi connectivity index (χ4v) is 12.7. The van der Waals surface area contributed by atoms with E-state index in [1.165, 1.54) is 12.5 Å². The first kappa shape index (κ1) is 114. The van der Waals surface area contributed by atoms with Gasteiger partial charge in [-0.1, -0.05) is 89.5 Å². The average molecular weight is 1820 g/mol.